The summed E-state index contributed by atoms with van der Waals surface area (Å²) < 4.78 is 14.1. The van der Waals surface area contributed by atoms with Gasteiger partial charge in [0, 0.05) is 16.6 Å². The second kappa shape index (κ2) is 4.58. The second-order valence-electron chi connectivity index (χ2n) is 2.55. The molecule has 1 N–H and O–H groups in total. The van der Waals surface area contributed by atoms with Crippen molar-refractivity contribution in [3.8, 4) is 0 Å². The van der Waals surface area contributed by atoms with Crippen molar-refractivity contribution in [1.29, 1.82) is 0 Å². The fraction of sp³-hybridized carbons (Fsp3) is 0.333. The number of benzene rings is 1. The lowest BCUT2D eigenvalue weighted by atomic mass is 10.1. The molecular formula is C9H11BrFN. The van der Waals surface area contributed by atoms with E-state index in [1.807, 2.05) is 18.2 Å². The highest BCUT2D eigenvalue weighted by atomic mass is 79.9. The van der Waals surface area contributed by atoms with Crippen LogP contribution in [-0.4, -0.2) is 13.6 Å². The van der Waals surface area contributed by atoms with Crippen molar-refractivity contribution < 1.29 is 4.39 Å². The number of alkyl halides is 1. The molecule has 0 bridgehead atoms. The van der Waals surface area contributed by atoms with Gasteiger partial charge in [-0.1, -0.05) is 34.1 Å². The highest BCUT2D eigenvalue weighted by Crippen LogP contribution is 2.24. The van der Waals surface area contributed by atoms with Gasteiger partial charge in [-0.05, 0) is 13.1 Å². The van der Waals surface area contributed by atoms with Gasteiger partial charge in [-0.3, -0.25) is 0 Å². The Kier molecular flexibility index (Phi) is 3.69. The highest BCUT2D eigenvalue weighted by Gasteiger charge is 2.10. The first-order chi connectivity index (χ1) is 5.75. The Morgan fingerprint density at radius 1 is 1.50 bits per heavy atom. The van der Waals surface area contributed by atoms with Crippen molar-refractivity contribution in [2.24, 2.45) is 0 Å². The lowest BCUT2D eigenvalue weighted by Crippen LogP contribution is -2.14. The molecule has 1 rings (SSSR count). The molecule has 1 unspecified atom stereocenters. The first-order valence-corrected chi connectivity index (χ1v) is 4.58. The van der Waals surface area contributed by atoms with Crippen LogP contribution < -0.4 is 5.32 Å². The van der Waals surface area contributed by atoms with Crippen LogP contribution in [0.5, 0.6) is 0 Å². The van der Waals surface area contributed by atoms with Gasteiger partial charge in [0.15, 0.2) is 0 Å². The zero-order valence-corrected chi connectivity index (χ0v) is 8.44. The number of halogens is 2. The van der Waals surface area contributed by atoms with Crippen molar-refractivity contribution in [3.63, 3.8) is 0 Å². The number of nitrogens with one attached hydrogen (secondary N) is 1. The molecule has 0 heterocycles. The van der Waals surface area contributed by atoms with Gasteiger partial charge in [-0.2, -0.15) is 0 Å². The van der Waals surface area contributed by atoms with E-state index in [9.17, 15) is 4.39 Å². The summed E-state index contributed by atoms with van der Waals surface area (Å²) in [5, 5.41) is 2.80. The van der Waals surface area contributed by atoms with E-state index in [4.69, 9.17) is 0 Å². The van der Waals surface area contributed by atoms with Crippen LogP contribution in [-0.2, 0) is 0 Å². The van der Waals surface area contributed by atoms with E-state index in [1.54, 1.807) is 13.1 Å². The van der Waals surface area contributed by atoms with Gasteiger partial charge in [0.1, 0.15) is 6.17 Å². The topological polar surface area (TPSA) is 12.0 Å². The summed E-state index contributed by atoms with van der Waals surface area (Å²) in [6.07, 6.45) is -0.939. The van der Waals surface area contributed by atoms with E-state index < -0.39 is 6.17 Å². The molecular weight excluding hydrogens is 221 g/mol. The van der Waals surface area contributed by atoms with Crippen molar-refractivity contribution >= 4 is 15.9 Å². The van der Waals surface area contributed by atoms with E-state index in [1.165, 1.54) is 0 Å². The minimum absolute atomic E-state index is 0.350. The summed E-state index contributed by atoms with van der Waals surface area (Å²) >= 11 is 3.30. The van der Waals surface area contributed by atoms with Crippen LogP contribution >= 0.6 is 15.9 Å². The molecule has 0 fully saturated rings. The number of hydrogen-bond donors (Lipinski definition) is 1. The third kappa shape index (κ3) is 2.29. The predicted octanol–water partition coefficient (Wildman–Crippen LogP) is 2.68. The molecule has 0 aromatic heterocycles. The molecule has 1 aromatic carbocycles. The van der Waals surface area contributed by atoms with E-state index in [-0.39, 0.29) is 0 Å². The minimum atomic E-state index is -0.939. The van der Waals surface area contributed by atoms with E-state index in [2.05, 4.69) is 21.2 Å². The second-order valence-corrected chi connectivity index (χ2v) is 3.40. The van der Waals surface area contributed by atoms with Crippen molar-refractivity contribution in [2.45, 2.75) is 6.17 Å². The quantitative estimate of drug-likeness (QED) is 0.844. The molecule has 0 amide bonds. The largest absolute Gasteiger partial charge is 0.317 e. The van der Waals surface area contributed by atoms with Crippen LogP contribution in [0.15, 0.2) is 28.7 Å². The zero-order chi connectivity index (χ0) is 8.97. The highest BCUT2D eigenvalue weighted by molar-refractivity contribution is 9.10. The van der Waals surface area contributed by atoms with Crippen molar-refractivity contribution in [2.75, 3.05) is 13.6 Å². The Balaban J connectivity index is 2.79. The van der Waals surface area contributed by atoms with Crippen LogP contribution in [0.3, 0.4) is 0 Å². The van der Waals surface area contributed by atoms with Crippen molar-refractivity contribution in [1.82, 2.24) is 5.32 Å². The molecule has 1 aromatic rings. The molecule has 0 aliphatic carbocycles. The van der Waals surface area contributed by atoms with Gasteiger partial charge in [-0.25, -0.2) is 4.39 Å². The van der Waals surface area contributed by atoms with Crippen LogP contribution in [0.1, 0.15) is 11.7 Å². The average Bonchev–Trinajstić information content (AvgIpc) is 2.05. The molecule has 0 saturated carbocycles. The molecule has 0 saturated heterocycles. The molecule has 0 radical (unpaired) electrons. The van der Waals surface area contributed by atoms with E-state index >= 15 is 0 Å². The molecule has 3 heteroatoms. The molecule has 0 aliphatic rings. The average molecular weight is 232 g/mol. The van der Waals surface area contributed by atoms with E-state index in [0.717, 1.165) is 4.47 Å². The first kappa shape index (κ1) is 9.68. The maximum atomic E-state index is 13.3. The summed E-state index contributed by atoms with van der Waals surface area (Å²) in [6, 6.07) is 7.34. The Bertz CT molecular complexity index is 252. The third-order valence-corrected chi connectivity index (χ3v) is 2.35. The Morgan fingerprint density at radius 2 is 2.17 bits per heavy atom. The summed E-state index contributed by atoms with van der Waals surface area (Å²) in [5.74, 6) is 0. The fourth-order valence-corrected chi connectivity index (χ4v) is 1.55. The molecule has 66 valence electrons. The van der Waals surface area contributed by atoms with Gasteiger partial charge >= 0.3 is 0 Å². The molecule has 12 heavy (non-hydrogen) atoms. The van der Waals surface area contributed by atoms with Gasteiger partial charge in [0.05, 0.1) is 0 Å². The Labute approximate surface area is 80.1 Å². The standard InChI is InChI=1S/C9H11BrFN/c1-12-6-9(11)7-4-2-3-5-8(7)10/h2-5,9,12H,6H2,1H3. The Hall–Kier alpha value is -0.410. The number of rotatable bonds is 3. The summed E-state index contributed by atoms with van der Waals surface area (Å²) in [5.41, 5.74) is 0.701. The first-order valence-electron chi connectivity index (χ1n) is 3.79. The predicted molar refractivity (Wildman–Crippen MR) is 51.9 cm³/mol. The molecule has 1 atom stereocenters. The van der Waals surface area contributed by atoms with Crippen molar-refractivity contribution in [3.05, 3.63) is 34.3 Å². The Morgan fingerprint density at radius 3 is 2.75 bits per heavy atom. The maximum absolute atomic E-state index is 13.3. The van der Waals surface area contributed by atoms with Crippen LogP contribution in [0.4, 0.5) is 4.39 Å². The van der Waals surface area contributed by atoms with E-state index in [0.29, 0.717) is 12.1 Å². The van der Waals surface area contributed by atoms with Gasteiger partial charge in [0.25, 0.3) is 0 Å². The maximum Gasteiger partial charge on any atom is 0.139 e. The lowest BCUT2D eigenvalue weighted by molar-refractivity contribution is 0.334. The molecule has 0 aliphatic heterocycles. The van der Waals surface area contributed by atoms with Gasteiger partial charge < -0.3 is 5.32 Å². The zero-order valence-electron chi connectivity index (χ0n) is 6.85. The number of hydrogen-bond acceptors (Lipinski definition) is 1. The van der Waals surface area contributed by atoms with Crippen LogP contribution in [0.2, 0.25) is 0 Å². The summed E-state index contributed by atoms with van der Waals surface area (Å²) in [6.45, 7) is 0.350. The SMILES string of the molecule is CNCC(F)c1ccccc1Br. The summed E-state index contributed by atoms with van der Waals surface area (Å²) in [7, 11) is 1.74. The smallest absolute Gasteiger partial charge is 0.139 e. The minimum Gasteiger partial charge on any atom is -0.317 e. The monoisotopic (exact) mass is 231 g/mol. The lowest BCUT2D eigenvalue weighted by Gasteiger charge is -2.08. The molecule has 1 nitrogen and oxygen atoms in total. The van der Waals surface area contributed by atoms with Gasteiger partial charge in [-0.15, -0.1) is 0 Å². The van der Waals surface area contributed by atoms with Crippen LogP contribution in [0.25, 0.3) is 0 Å². The summed E-state index contributed by atoms with van der Waals surface area (Å²) in [4.78, 5) is 0. The normalized spacial score (nSPS) is 12.9. The fourth-order valence-electron chi connectivity index (χ4n) is 1.02. The number of likely N-dealkylation sites (N-methyl/N-ethyl adjacent to an activating group) is 1. The van der Waals surface area contributed by atoms with Gasteiger partial charge in [0.2, 0.25) is 0 Å². The third-order valence-electron chi connectivity index (χ3n) is 1.63. The van der Waals surface area contributed by atoms with Crippen LogP contribution in [0, 0.1) is 0 Å². The molecule has 0 spiro atoms.